The van der Waals surface area contributed by atoms with Gasteiger partial charge in [0.05, 0.1) is 17.6 Å². The summed E-state index contributed by atoms with van der Waals surface area (Å²) in [4.78, 5) is 19.9. The van der Waals surface area contributed by atoms with Gasteiger partial charge in [0, 0.05) is 13.2 Å². The van der Waals surface area contributed by atoms with Crippen molar-refractivity contribution in [3.05, 3.63) is 18.1 Å². The fraction of sp³-hybridized carbons (Fsp3) is 0.462. The summed E-state index contributed by atoms with van der Waals surface area (Å²) < 4.78 is 6.88. The normalized spacial score (nSPS) is 27.5. The molecule has 2 aromatic heterocycles. The van der Waals surface area contributed by atoms with Crippen LogP contribution in [0.3, 0.4) is 0 Å². The summed E-state index contributed by atoms with van der Waals surface area (Å²) in [7, 11) is 1.64. The molecule has 1 aliphatic rings. The van der Waals surface area contributed by atoms with E-state index in [4.69, 9.17) is 10.5 Å². The van der Waals surface area contributed by atoms with E-state index in [0.717, 1.165) is 0 Å². The molecule has 10 nitrogen and oxygen atoms in total. The number of amides is 1. The number of rotatable bonds is 4. The van der Waals surface area contributed by atoms with E-state index >= 15 is 0 Å². The van der Waals surface area contributed by atoms with Crippen molar-refractivity contribution in [2.45, 2.75) is 24.5 Å². The lowest BCUT2D eigenvalue weighted by molar-refractivity contribution is -0.0508. The van der Waals surface area contributed by atoms with Gasteiger partial charge in [-0.1, -0.05) is 0 Å². The number of nitrogens with zero attached hydrogens (tertiary/aromatic N) is 3. The van der Waals surface area contributed by atoms with E-state index in [9.17, 15) is 20.1 Å². The number of aliphatic hydroxyl groups is 3. The Morgan fingerprint density at radius 3 is 2.74 bits per heavy atom. The van der Waals surface area contributed by atoms with Gasteiger partial charge in [-0.05, 0) is 0 Å². The first-order valence-corrected chi connectivity index (χ1v) is 6.95. The van der Waals surface area contributed by atoms with Crippen molar-refractivity contribution in [1.82, 2.24) is 14.5 Å². The van der Waals surface area contributed by atoms with Crippen LogP contribution in [0.2, 0.25) is 0 Å². The number of anilines is 1. The van der Waals surface area contributed by atoms with E-state index in [-0.39, 0.29) is 5.56 Å². The smallest absolute Gasteiger partial charge is 0.251 e. The average molecular weight is 323 g/mol. The van der Waals surface area contributed by atoms with Gasteiger partial charge in [-0.2, -0.15) is 0 Å². The first-order chi connectivity index (χ1) is 11.0. The summed E-state index contributed by atoms with van der Waals surface area (Å²) in [5.74, 6) is -0.291. The molecule has 1 amide bonds. The van der Waals surface area contributed by atoms with Crippen molar-refractivity contribution in [2.75, 3.05) is 19.0 Å². The number of nitrogens with one attached hydrogen (secondary N) is 1. The maximum absolute atomic E-state index is 11.7. The van der Waals surface area contributed by atoms with Gasteiger partial charge in [0.1, 0.15) is 36.1 Å². The van der Waals surface area contributed by atoms with Crippen LogP contribution in [0.15, 0.2) is 12.5 Å². The van der Waals surface area contributed by atoms with Crippen LogP contribution >= 0.6 is 0 Å². The van der Waals surface area contributed by atoms with E-state index in [1.165, 1.54) is 17.1 Å². The third-order valence-corrected chi connectivity index (χ3v) is 3.90. The largest absolute Gasteiger partial charge is 0.394 e. The summed E-state index contributed by atoms with van der Waals surface area (Å²) in [5, 5.41) is 32.5. The molecule has 10 heteroatoms. The zero-order chi connectivity index (χ0) is 16.7. The van der Waals surface area contributed by atoms with Gasteiger partial charge in [-0.25, -0.2) is 9.97 Å². The second-order valence-corrected chi connectivity index (χ2v) is 5.21. The van der Waals surface area contributed by atoms with E-state index in [2.05, 4.69) is 15.3 Å². The second-order valence-electron chi connectivity index (χ2n) is 5.21. The highest BCUT2D eigenvalue weighted by atomic mass is 16.6. The van der Waals surface area contributed by atoms with Crippen LogP contribution in [-0.4, -0.2) is 67.7 Å². The summed E-state index contributed by atoms with van der Waals surface area (Å²) in [5.41, 5.74) is 5.87. The number of carbonyl (C=O) groups is 1. The van der Waals surface area contributed by atoms with Gasteiger partial charge in [0.15, 0.2) is 6.23 Å². The molecule has 1 fully saturated rings. The molecule has 124 valence electrons. The van der Waals surface area contributed by atoms with Crippen LogP contribution in [0.25, 0.3) is 11.0 Å². The van der Waals surface area contributed by atoms with Crippen molar-refractivity contribution in [1.29, 1.82) is 0 Å². The lowest BCUT2D eigenvalue weighted by Gasteiger charge is -2.17. The van der Waals surface area contributed by atoms with Gasteiger partial charge in [0.2, 0.25) is 0 Å². The standard InChI is InChI=1S/C13H17N5O5/c1-15-11-7-5(10(14)22)2-18(12(7)17-4-16-11)13-9(21)8(20)6(3-19)23-13/h2,4,6,8-9,13,19-21H,3H2,1H3,(H2,14,22)(H,15,16,17). The molecule has 0 saturated carbocycles. The monoisotopic (exact) mass is 323 g/mol. The van der Waals surface area contributed by atoms with Gasteiger partial charge >= 0.3 is 0 Å². The molecule has 0 bridgehead atoms. The number of aromatic nitrogens is 3. The Balaban J connectivity index is 2.18. The molecule has 0 aliphatic carbocycles. The Morgan fingerprint density at radius 2 is 2.17 bits per heavy atom. The van der Waals surface area contributed by atoms with Crippen molar-refractivity contribution < 1.29 is 24.9 Å². The second kappa shape index (κ2) is 5.74. The fourth-order valence-electron chi connectivity index (χ4n) is 2.77. The topological polar surface area (TPSA) is 156 Å². The molecule has 1 aliphatic heterocycles. The molecule has 3 rings (SSSR count). The summed E-state index contributed by atoms with van der Waals surface area (Å²) in [6.45, 7) is -0.451. The average Bonchev–Trinajstić information content (AvgIpc) is 3.06. The molecule has 3 heterocycles. The number of primary amides is 1. The molecule has 1 saturated heterocycles. The zero-order valence-corrected chi connectivity index (χ0v) is 12.2. The van der Waals surface area contributed by atoms with Crippen LogP contribution in [-0.2, 0) is 4.74 Å². The first-order valence-electron chi connectivity index (χ1n) is 6.95. The SMILES string of the molecule is CNc1ncnc2c1c(C(N)=O)cn2C1OC(CO)C(O)C1O. The number of nitrogens with two attached hydrogens (primary N) is 1. The lowest BCUT2D eigenvalue weighted by atomic mass is 10.1. The summed E-state index contributed by atoms with van der Waals surface area (Å²) in [6.07, 6.45) is -1.83. The third-order valence-electron chi connectivity index (χ3n) is 3.90. The van der Waals surface area contributed by atoms with Crippen LogP contribution in [0.5, 0.6) is 0 Å². The summed E-state index contributed by atoms with van der Waals surface area (Å²) in [6, 6.07) is 0. The number of ether oxygens (including phenoxy) is 1. The van der Waals surface area contributed by atoms with Crippen LogP contribution in [0, 0.1) is 0 Å². The highest BCUT2D eigenvalue weighted by Crippen LogP contribution is 2.34. The molecular weight excluding hydrogens is 306 g/mol. The first kappa shape index (κ1) is 15.6. The van der Waals surface area contributed by atoms with Crippen molar-refractivity contribution in [3.8, 4) is 0 Å². The van der Waals surface area contributed by atoms with Gasteiger partial charge in [-0.3, -0.25) is 4.79 Å². The van der Waals surface area contributed by atoms with E-state index in [1.807, 2.05) is 0 Å². The molecule has 6 N–H and O–H groups in total. The quantitative estimate of drug-likeness (QED) is 0.440. The molecule has 2 aromatic rings. The molecule has 4 atom stereocenters. The fourth-order valence-corrected chi connectivity index (χ4v) is 2.77. The van der Waals surface area contributed by atoms with Gasteiger partial charge in [0.25, 0.3) is 5.91 Å². The van der Waals surface area contributed by atoms with Crippen molar-refractivity contribution >= 4 is 22.8 Å². The Labute approximate surface area is 130 Å². The molecule has 0 aromatic carbocycles. The molecular formula is C13H17N5O5. The molecule has 0 spiro atoms. The minimum absolute atomic E-state index is 0.155. The van der Waals surface area contributed by atoms with Crippen LogP contribution in [0.1, 0.15) is 16.6 Å². The van der Waals surface area contributed by atoms with Gasteiger partial charge < -0.3 is 35.7 Å². The predicted octanol–water partition coefficient (Wildman–Crippen LogP) is -1.82. The van der Waals surface area contributed by atoms with Crippen LogP contribution in [0.4, 0.5) is 5.82 Å². The van der Waals surface area contributed by atoms with E-state index in [1.54, 1.807) is 7.05 Å². The number of fused-ring (bicyclic) bond motifs is 1. The number of aliphatic hydroxyl groups excluding tert-OH is 3. The minimum Gasteiger partial charge on any atom is -0.394 e. The Bertz CT molecular complexity index is 748. The molecule has 23 heavy (non-hydrogen) atoms. The minimum atomic E-state index is -1.29. The Kier molecular flexibility index (Phi) is 3.90. The summed E-state index contributed by atoms with van der Waals surface area (Å²) >= 11 is 0. The highest BCUT2D eigenvalue weighted by molar-refractivity contribution is 6.09. The van der Waals surface area contributed by atoms with E-state index in [0.29, 0.717) is 16.9 Å². The number of hydrogen-bond acceptors (Lipinski definition) is 8. The van der Waals surface area contributed by atoms with Crippen molar-refractivity contribution in [3.63, 3.8) is 0 Å². The maximum Gasteiger partial charge on any atom is 0.251 e. The number of carbonyl (C=O) groups excluding carboxylic acids is 1. The lowest BCUT2D eigenvalue weighted by Crippen LogP contribution is -2.33. The maximum atomic E-state index is 11.7. The molecule has 4 unspecified atom stereocenters. The molecule has 0 radical (unpaired) electrons. The zero-order valence-electron chi connectivity index (χ0n) is 12.2. The van der Waals surface area contributed by atoms with Crippen molar-refractivity contribution in [2.24, 2.45) is 5.73 Å². The predicted molar refractivity (Wildman–Crippen MR) is 78.6 cm³/mol. The van der Waals surface area contributed by atoms with E-state index < -0.39 is 37.1 Å². The highest BCUT2D eigenvalue weighted by Gasteiger charge is 2.44. The van der Waals surface area contributed by atoms with Crippen LogP contribution < -0.4 is 11.1 Å². The Morgan fingerprint density at radius 1 is 1.43 bits per heavy atom. The number of hydrogen-bond donors (Lipinski definition) is 5. The van der Waals surface area contributed by atoms with Gasteiger partial charge in [-0.15, -0.1) is 0 Å². The third kappa shape index (κ3) is 2.32. The Hall–Kier alpha value is -2.27.